The van der Waals surface area contributed by atoms with Crippen molar-refractivity contribution in [3.8, 4) is 0 Å². The summed E-state index contributed by atoms with van der Waals surface area (Å²) in [5.74, 6) is 0.244. The van der Waals surface area contributed by atoms with E-state index in [4.69, 9.17) is 5.73 Å². The van der Waals surface area contributed by atoms with Gasteiger partial charge in [0.1, 0.15) is 5.39 Å². The van der Waals surface area contributed by atoms with Crippen molar-refractivity contribution in [2.24, 2.45) is 0 Å². The zero-order valence-electron chi connectivity index (χ0n) is 7.43. The minimum absolute atomic E-state index is 0.230. The molecular weight excluding hydrogens is 227 g/mol. The van der Waals surface area contributed by atoms with Crippen LogP contribution in [0.2, 0.25) is 0 Å². The van der Waals surface area contributed by atoms with Gasteiger partial charge >= 0.3 is 6.18 Å². The highest BCUT2D eigenvalue weighted by Gasteiger charge is 2.29. The molecule has 0 aliphatic carbocycles. The minimum atomic E-state index is -4.19. The molecule has 2 aromatic heterocycles. The molecule has 0 atom stereocenters. The van der Waals surface area contributed by atoms with Crippen molar-refractivity contribution in [2.75, 3.05) is 5.73 Å². The number of aromatic nitrogens is 2. The molecule has 2 rings (SSSR count). The van der Waals surface area contributed by atoms with E-state index < -0.39 is 12.6 Å². The topological polar surface area (TPSA) is 53.0 Å². The number of anilines is 1. The highest BCUT2D eigenvalue weighted by Crippen LogP contribution is 2.30. The molecule has 0 saturated heterocycles. The van der Waals surface area contributed by atoms with Crippen molar-refractivity contribution >= 4 is 27.4 Å². The summed E-state index contributed by atoms with van der Waals surface area (Å²) in [6, 6.07) is 1.42. The van der Waals surface area contributed by atoms with Crippen LogP contribution >= 0.6 is 11.3 Å². The highest BCUT2D eigenvalue weighted by molar-refractivity contribution is 7.18. The Kier molecular flexibility index (Phi) is 2.26. The first-order valence-corrected chi connectivity index (χ1v) is 4.89. The highest BCUT2D eigenvalue weighted by atomic mass is 32.1. The quantitative estimate of drug-likeness (QED) is 0.817. The molecule has 3 nitrogen and oxygen atoms in total. The number of fused-ring (bicyclic) bond motifs is 1. The fourth-order valence-corrected chi connectivity index (χ4v) is 2.31. The van der Waals surface area contributed by atoms with Gasteiger partial charge in [0, 0.05) is 4.88 Å². The van der Waals surface area contributed by atoms with Gasteiger partial charge in [0.2, 0.25) is 5.82 Å². The maximum absolute atomic E-state index is 12.1. The van der Waals surface area contributed by atoms with Crippen LogP contribution < -0.4 is 10.7 Å². The zero-order valence-corrected chi connectivity index (χ0v) is 8.25. The SMILES string of the molecule is Nc1nc[nH+]c2sc(CC(F)(F)F)cc12. The number of hydrogen-bond donors (Lipinski definition) is 1. The number of thiophene rings is 1. The summed E-state index contributed by atoms with van der Waals surface area (Å²) in [5, 5.41) is 0.543. The van der Waals surface area contributed by atoms with Gasteiger partial charge in [0.15, 0.2) is 4.83 Å². The van der Waals surface area contributed by atoms with Gasteiger partial charge in [-0.1, -0.05) is 11.3 Å². The molecule has 0 aromatic carbocycles. The van der Waals surface area contributed by atoms with E-state index in [0.717, 1.165) is 11.3 Å². The lowest BCUT2D eigenvalue weighted by atomic mass is 10.3. The molecule has 0 radical (unpaired) electrons. The Labute approximate surface area is 86.8 Å². The third kappa shape index (κ3) is 2.17. The van der Waals surface area contributed by atoms with Crippen LogP contribution in [0.3, 0.4) is 0 Å². The molecule has 0 aliphatic heterocycles. The maximum Gasteiger partial charge on any atom is 0.393 e. The van der Waals surface area contributed by atoms with Crippen molar-refractivity contribution in [1.82, 2.24) is 4.98 Å². The zero-order chi connectivity index (χ0) is 11.1. The Morgan fingerprint density at radius 1 is 1.47 bits per heavy atom. The minimum Gasteiger partial charge on any atom is -0.362 e. The average Bonchev–Trinajstić information content (AvgIpc) is 2.45. The molecular formula is C8H7F3N3S+. The van der Waals surface area contributed by atoms with E-state index in [-0.39, 0.29) is 10.7 Å². The number of hydrogen-bond acceptors (Lipinski definition) is 3. The lowest BCUT2D eigenvalue weighted by Gasteiger charge is -2.01. The number of nitrogens with two attached hydrogens (primary N) is 1. The molecule has 0 saturated carbocycles. The van der Waals surface area contributed by atoms with E-state index in [1.807, 2.05) is 0 Å². The van der Waals surface area contributed by atoms with Gasteiger partial charge in [0.05, 0.1) is 6.42 Å². The number of aromatic amines is 1. The monoisotopic (exact) mass is 234 g/mol. The summed E-state index contributed by atoms with van der Waals surface area (Å²) >= 11 is 1.04. The maximum atomic E-state index is 12.1. The number of halogens is 3. The van der Waals surface area contributed by atoms with Gasteiger partial charge in [-0.2, -0.15) is 13.2 Å². The second-order valence-electron chi connectivity index (χ2n) is 3.04. The fraction of sp³-hybridized carbons (Fsp3) is 0.250. The van der Waals surface area contributed by atoms with Crippen molar-refractivity contribution in [1.29, 1.82) is 0 Å². The van der Waals surface area contributed by atoms with E-state index in [0.29, 0.717) is 10.2 Å². The Morgan fingerprint density at radius 2 is 2.20 bits per heavy atom. The standard InChI is InChI=1S/C8H6F3N3S/c9-8(10,11)2-4-1-5-6(12)13-3-14-7(5)15-4/h1,3H,2H2,(H2,12,13,14)/p+1. The smallest absolute Gasteiger partial charge is 0.362 e. The first-order valence-electron chi connectivity index (χ1n) is 4.07. The average molecular weight is 234 g/mol. The number of nitrogens with zero attached hydrogens (tertiary/aromatic N) is 1. The van der Waals surface area contributed by atoms with E-state index in [1.54, 1.807) is 0 Å². The van der Waals surface area contributed by atoms with Gasteiger partial charge in [-0.15, -0.1) is 0 Å². The van der Waals surface area contributed by atoms with E-state index >= 15 is 0 Å². The molecule has 0 amide bonds. The largest absolute Gasteiger partial charge is 0.393 e. The predicted octanol–water partition coefficient (Wildman–Crippen LogP) is 1.80. The van der Waals surface area contributed by atoms with Gasteiger partial charge in [-0.05, 0) is 11.1 Å². The van der Waals surface area contributed by atoms with Crippen LogP contribution in [0.4, 0.5) is 19.0 Å². The summed E-state index contributed by atoms with van der Waals surface area (Å²) < 4.78 is 36.4. The molecule has 2 heterocycles. The molecule has 0 aliphatic rings. The molecule has 2 aromatic rings. The summed E-state index contributed by atoms with van der Waals surface area (Å²) in [7, 11) is 0. The number of nitrogens with one attached hydrogen (secondary N) is 1. The van der Waals surface area contributed by atoms with Crippen LogP contribution in [0.5, 0.6) is 0 Å². The molecule has 0 fully saturated rings. The second-order valence-corrected chi connectivity index (χ2v) is 4.17. The van der Waals surface area contributed by atoms with Crippen LogP contribution in [0.25, 0.3) is 10.2 Å². The van der Waals surface area contributed by atoms with E-state index in [1.165, 1.54) is 12.4 Å². The number of nitrogen functional groups attached to an aromatic ring is 1. The number of H-pyrrole nitrogens is 1. The molecule has 0 unspecified atom stereocenters. The molecule has 0 bridgehead atoms. The predicted molar refractivity (Wildman–Crippen MR) is 50.3 cm³/mol. The third-order valence-electron chi connectivity index (χ3n) is 1.83. The summed E-state index contributed by atoms with van der Waals surface area (Å²) in [4.78, 5) is 7.37. The van der Waals surface area contributed by atoms with Crippen molar-refractivity contribution in [3.63, 3.8) is 0 Å². The summed E-state index contributed by atoms with van der Waals surface area (Å²) in [6.45, 7) is 0. The first-order chi connectivity index (χ1) is 6.96. The van der Waals surface area contributed by atoms with Crippen LogP contribution in [-0.4, -0.2) is 11.2 Å². The van der Waals surface area contributed by atoms with Crippen molar-refractivity contribution in [2.45, 2.75) is 12.6 Å². The number of rotatable bonds is 1. The molecule has 80 valence electrons. The Balaban J connectivity index is 2.44. The molecule has 0 spiro atoms. The fourth-order valence-electron chi connectivity index (χ4n) is 1.25. The van der Waals surface area contributed by atoms with Crippen molar-refractivity contribution in [3.05, 3.63) is 17.3 Å². The van der Waals surface area contributed by atoms with Gasteiger partial charge in [0.25, 0.3) is 6.33 Å². The lowest BCUT2D eigenvalue weighted by Crippen LogP contribution is -2.10. The molecule has 7 heteroatoms. The van der Waals surface area contributed by atoms with Crippen LogP contribution in [-0.2, 0) is 6.42 Å². The van der Waals surface area contributed by atoms with Gasteiger partial charge in [-0.3, -0.25) is 0 Å². The van der Waals surface area contributed by atoms with Gasteiger partial charge in [-0.25, -0.2) is 4.98 Å². The second kappa shape index (κ2) is 3.34. The first kappa shape index (κ1) is 10.2. The number of alkyl halides is 3. The Morgan fingerprint density at radius 3 is 2.80 bits per heavy atom. The molecule has 3 N–H and O–H groups in total. The van der Waals surface area contributed by atoms with Crippen molar-refractivity contribution < 1.29 is 18.2 Å². The van der Waals surface area contributed by atoms with E-state index in [2.05, 4.69) is 9.97 Å². The van der Waals surface area contributed by atoms with Gasteiger partial charge < -0.3 is 5.73 Å². The molecule has 15 heavy (non-hydrogen) atoms. The third-order valence-corrected chi connectivity index (χ3v) is 2.90. The van der Waals surface area contributed by atoms with E-state index in [9.17, 15) is 13.2 Å². The summed E-state index contributed by atoms with van der Waals surface area (Å²) in [5.41, 5.74) is 5.53. The lowest BCUT2D eigenvalue weighted by molar-refractivity contribution is -0.346. The Bertz CT molecular complexity index is 491. The normalized spacial score (nSPS) is 12.2. The van der Waals surface area contributed by atoms with Crippen LogP contribution in [0, 0.1) is 0 Å². The Hall–Kier alpha value is -1.37. The summed E-state index contributed by atoms with van der Waals surface area (Å²) in [6.07, 6.45) is -3.76. The van der Waals surface area contributed by atoms with Crippen LogP contribution in [0.15, 0.2) is 12.4 Å². The van der Waals surface area contributed by atoms with Crippen LogP contribution in [0.1, 0.15) is 4.88 Å².